The van der Waals surface area contributed by atoms with Crippen molar-refractivity contribution in [3.05, 3.63) is 17.0 Å². The zero-order valence-electron chi connectivity index (χ0n) is 11.1. The fourth-order valence-electron chi connectivity index (χ4n) is 1.91. The summed E-state index contributed by atoms with van der Waals surface area (Å²) in [6.45, 7) is 8.31. The van der Waals surface area contributed by atoms with E-state index >= 15 is 0 Å². The lowest BCUT2D eigenvalue weighted by atomic mass is 10.1. The van der Waals surface area contributed by atoms with E-state index in [1.165, 1.54) is 0 Å². The molecule has 0 atom stereocenters. The van der Waals surface area contributed by atoms with Gasteiger partial charge in [0.2, 0.25) is 0 Å². The Labute approximate surface area is 108 Å². The first kappa shape index (κ1) is 14.0. The van der Waals surface area contributed by atoms with Crippen LogP contribution in [0.2, 0.25) is 0 Å². The molecule has 0 aliphatic rings. The Morgan fingerprint density at radius 1 is 1.47 bits per heavy atom. The second-order valence-corrected chi connectivity index (χ2v) is 4.83. The second-order valence-electron chi connectivity index (χ2n) is 4.45. The molecule has 0 saturated carbocycles. The number of halogens is 1. The number of alkyl halides is 1. The lowest BCUT2D eigenvalue weighted by Gasteiger charge is -2.26. The van der Waals surface area contributed by atoms with E-state index in [0.717, 1.165) is 11.4 Å². The quantitative estimate of drug-likeness (QED) is 0.775. The van der Waals surface area contributed by atoms with Crippen LogP contribution in [0.3, 0.4) is 0 Å². The van der Waals surface area contributed by atoms with Crippen LogP contribution in [0.25, 0.3) is 0 Å². The highest BCUT2D eigenvalue weighted by Gasteiger charge is 2.24. The van der Waals surface area contributed by atoms with E-state index in [4.69, 9.17) is 11.6 Å². The van der Waals surface area contributed by atoms with Gasteiger partial charge in [-0.3, -0.25) is 9.48 Å². The van der Waals surface area contributed by atoms with Crippen LogP contribution in [0.15, 0.2) is 0 Å². The lowest BCUT2D eigenvalue weighted by molar-refractivity contribution is 0.0716. The normalized spacial score (nSPS) is 11.0. The molecule has 0 radical (unpaired) electrons. The van der Waals surface area contributed by atoms with Crippen molar-refractivity contribution in [2.45, 2.75) is 33.7 Å². The zero-order valence-corrected chi connectivity index (χ0v) is 11.9. The van der Waals surface area contributed by atoms with Gasteiger partial charge in [-0.05, 0) is 27.7 Å². The van der Waals surface area contributed by atoms with E-state index in [0.29, 0.717) is 18.0 Å². The Morgan fingerprint density at radius 2 is 2.06 bits per heavy atom. The van der Waals surface area contributed by atoms with E-state index < -0.39 is 0 Å². The second kappa shape index (κ2) is 5.54. The van der Waals surface area contributed by atoms with Crippen molar-refractivity contribution < 1.29 is 4.79 Å². The minimum absolute atomic E-state index is 0.0174. The predicted molar refractivity (Wildman–Crippen MR) is 69.6 cm³/mol. The van der Waals surface area contributed by atoms with Crippen molar-refractivity contribution in [1.29, 1.82) is 0 Å². The first-order chi connectivity index (χ1) is 7.90. The van der Waals surface area contributed by atoms with Gasteiger partial charge in [0, 0.05) is 31.2 Å². The third-order valence-electron chi connectivity index (χ3n) is 2.93. The minimum Gasteiger partial charge on any atom is -0.335 e. The first-order valence-corrected chi connectivity index (χ1v) is 6.30. The molecule has 0 bridgehead atoms. The first-order valence-electron chi connectivity index (χ1n) is 5.77. The summed E-state index contributed by atoms with van der Waals surface area (Å²) in [5, 5.41) is 4.27. The summed E-state index contributed by atoms with van der Waals surface area (Å²) < 4.78 is 1.74. The molecule has 0 aliphatic heterocycles. The molecule has 5 heteroatoms. The van der Waals surface area contributed by atoms with E-state index in [1.54, 1.807) is 9.58 Å². The van der Waals surface area contributed by atoms with Crippen LogP contribution in [0, 0.1) is 13.8 Å². The molecule has 17 heavy (non-hydrogen) atoms. The van der Waals surface area contributed by atoms with Gasteiger partial charge < -0.3 is 4.90 Å². The van der Waals surface area contributed by atoms with Crippen molar-refractivity contribution in [2.75, 3.05) is 12.4 Å². The average Bonchev–Trinajstić information content (AvgIpc) is 2.48. The third-order valence-corrected chi connectivity index (χ3v) is 3.10. The molecule has 0 aromatic carbocycles. The zero-order chi connectivity index (χ0) is 13.2. The Balaban J connectivity index is 3.09. The number of carbonyl (C=O) groups excluding carboxylic acids is 1. The predicted octanol–water partition coefficient (Wildman–Crippen LogP) is 2.13. The van der Waals surface area contributed by atoms with E-state index in [9.17, 15) is 4.79 Å². The van der Waals surface area contributed by atoms with Crippen molar-refractivity contribution in [1.82, 2.24) is 14.7 Å². The van der Waals surface area contributed by atoms with Crippen LogP contribution in [-0.2, 0) is 7.05 Å². The molecule has 0 aliphatic carbocycles. The molecule has 4 nitrogen and oxygen atoms in total. The molecule has 0 N–H and O–H groups in total. The Hall–Kier alpha value is -1.03. The van der Waals surface area contributed by atoms with Gasteiger partial charge in [-0.25, -0.2) is 0 Å². The average molecular weight is 258 g/mol. The van der Waals surface area contributed by atoms with Crippen molar-refractivity contribution in [3.8, 4) is 0 Å². The highest BCUT2D eigenvalue weighted by molar-refractivity contribution is 6.18. The molecule has 1 aromatic heterocycles. The maximum Gasteiger partial charge on any atom is 0.257 e. The van der Waals surface area contributed by atoms with Crippen molar-refractivity contribution in [3.63, 3.8) is 0 Å². The number of aromatic nitrogens is 2. The highest BCUT2D eigenvalue weighted by Crippen LogP contribution is 2.16. The fourth-order valence-corrected chi connectivity index (χ4v) is 2.09. The number of hydrogen-bond acceptors (Lipinski definition) is 2. The summed E-state index contributed by atoms with van der Waals surface area (Å²) in [6.07, 6.45) is 0. The van der Waals surface area contributed by atoms with Gasteiger partial charge in [0.05, 0.1) is 11.3 Å². The van der Waals surface area contributed by atoms with Gasteiger partial charge in [0.1, 0.15) is 0 Å². The molecule has 0 saturated heterocycles. The molecule has 0 unspecified atom stereocenters. The third kappa shape index (κ3) is 2.80. The molecule has 1 rings (SSSR count). The lowest BCUT2D eigenvalue weighted by Crippen LogP contribution is -2.38. The highest BCUT2D eigenvalue weighted by atomic mass is 35.5. The van der Waals surface area contributed by atoms with Gasteiger partial charge >= 0.3 is 0 Å². The summed E-state index contributed by atoms with van der Waals surface area (Å²) in [5.41, 5.74) is 2.37. The van der Waals surface area contributed by atoms with E-state index in [-0.39, 0.29) is 11.9 Å². The molecule has 1 amide bonds. The monoisotopic (exact) mass is 257 g/mol. The maximum atomic E-state index is 12.4. The maximum absolute atomic E-state index is 12.4. The molecular weight excluding hydrogens is 238 g/mol. The van der Waals surface area contributed by atoms with Crippen molar-refractivity contribution >= 4 is 17.5 Å². The molecule has 0 fully saturated rings. The fraction of sp³-hybridized carbons (Fsp3) is 0.667. The smallest absolute Gasteiger partial charge is 0.257 e. The van der Waals surface area contributed by atoms with Gasteiger partial charge in [-0.1, -0.05) is 0 Å². The number of nitrogens with zero attached hydrogens (tertiary/aromatic N) is 3. The molecular formula is C12H20ClN3O. The topological polar surface area (TPSA) is 38.1 Å². The van der Waals surface area contributed by atoms with Crippen LogP contribution in [0.4, 0.5) is 0 Å². The standard InChI is InChI=1S/C12H20ClN3O/c1-8(2)16(7-6-13)12(17)11-9(3)14-15(5)10(11)4/h8H,6-7H2,1-5H3. The minimum atomic E-state index is 0.0174. The number of amides is 1. The Bertz CT molecular complexity index is 412. The summed E-state index contributed by atoms with van der Waals surface area (Å²) in [5.74, 6) is 0.464. The molecule has 0 spiro atoms. The van der Waals surface area contributed by atoms with Crippen LogP contribution in [0.1, 0.15) is 35.6 Å². The largest absolute Gasteiger partial charge is 0.335 e. The number of hydrogen-bond donors (Lipinski definition) is 0. The summed E-state index contributed by atoms with van der Waals surface area (Å²) in [7, 11) is 1.85. The molecule has 96 valence electrons. The summed E-state index contributed by atoms with van der Waals surface area (Å²) in [4.78, 5) is 14.2. The van der Waals surface area contributed by atoms with Gasteiger partial charge in [-0.15, -0.1) is 11.6 Å². The Kier molecular flexibility index (Phi) is 4.57. The van der Waals surface area contributed by atoms with Crippen LogP contribution < -0.4 is 0 Å². The van der Waals surface area contributed by atoms with Crippen LogP contribution in [0.5, 0.6) is 0 Å². The number of carbonyl (C=O) groups is 1. The van der Waals surface area contributed by atoms with Gasteiger partial charge in [0.15, 0.2) is 0 Å². The summed E-state index contributed by atoms with van der Waals surface area (Å²) in [6, 6.07) is 0.139. The van der Waals surface area contributed by atoms with E-state index in [1.807, 2.05) is 34.7 Å². The van der Waals surface area contributed by atoms with Crippen LogP contribution in [-0.4, -0.2) is 39.1 Å². The number of aryl methyl sites for hydroxylation is 2. The van der Waals surface area contributed by atoms with Crippen molar-refractivity contribution in [2.24, 2.45) is 7.05 Å². The molecule has 1 heterocycles. The van der Waals surface area contributed by atoms with Crippen LogP contribution >= 0.6 is 11.6 Å². The SMILES string of the molecule is Cc1nn(C)c(C)c1C(=O)N(CCCl)C(C)C. The van der Waals surface area contributed by atoms with Gasteiger partial charge in [0.25, 0.3) is 5.91 Å². The summed E-state index contributed by atoms with van der Waals surface area (Å²) >= 11 is 5.74. The Morgan fingerprint density at radius 3 is 2.41 bits per heavy atom. The molecule has 1 aromatic rings. The van der Waals surface area contributed by atoms with Gasteiger partial charge in [-0.2, -0.15) is 5.10 Å². The van der Waals surface area contributed by atoms with E-state index in [2.05, 4.69) is 5.10 Å². The number of rotatable bonds is 4.